The highest BCUT2D eigenvalue weighted by Gasteiger charge is 2.66. The van der Waals surface area contributed by atoms with Gasteiger partial charge in [0.2, 0.25) is 12.7 Å². The number of benzene rings is 1. The first-order valence-electron chi connectivity index (χ1n) is 10.8. The van der Waals surface area contributed by atoms with Crippen LogP contribution in [0.15, 0.2) is 18.2 Å². The van der Waals surface area contributed by atoms with Crippen molar-refractivity contribution in [1.29, 1.82) is 0 Å². The highest BCUT2D eigenvalue weighted by molar-refractivity contribution is 5.91. The van der Waals surface area contributed by atoms with Crippen molar-refractivity contribution >= 4 is 11.9 Å². The van der Waals surface area contributed by atoms with Crippen molar-refractivity contribution in [3.05, 3.63) is 23.8 Å². The lowest BCUT2D eigenvalue weighted by Crippen LogP contribution is -2.70. The Morgan fingerprint density at radius 1 is 1.14 bits per heavy atom. The molecule has 3 atom stereocenters. The Morgan fingerprint density at radius 2 is 1.86 bits per heavy atom. The molecule has 2 aliphatic heterocycles. The maximum Gasteiger partial charge on any atom is 0.309 e. The molecule has 6 heteroatoms. The first kappa shape index (κ1) is 17.6. The smallest absolute Gasteiger partial charge is 0.309 e. The van der Waals surface area contributed by atoms with E-state index in [0.717, 1.165) is 36.3 Å². The van der Waals surface area contributed by atoms with Gasteiger partial charge in [0.05, 0.1) is 16.9 Å². The zero-order valence-electron chi connectivity index (χ0n) is 16.9. The van der Waals surface area contributed by atoms with Crippen LogP contribution in [-0.2, 0) is 9.59 Å². The fourth-order valence-corrected chi connectivity index (χ4v) is 7.58. The summed E-state index contributed by atoms with van der Waals surface area (Å²) in [7, 11) is 0. The molecular weight excluding hydrogens is 370 g/mol. The molecule has 7 rings (SSSR count). The first-order valence-corrected chi connectivity index (χ1v) is 10.8. The van der Waals surface area contributed by atoms with Crippen LogP contribution < -0.4 is 9.47 Å². The van der Waals surface area contributed by atoms with Gasteiger partial charge in [-0.05, 0) is 69.8 Å². The van der Waals surface area contributed by atoms with Crippen molar-refractivity contribution in [1.82, 2.24) is 4.90 Å². The molecule has 6 aliphatic rings. The predicted octanol–water partition coefficient (Wildman–Crippen LogP) is 3.60. The number of hydrogen-bond donors (Lipinski definition) is 1. The van der Waals surface area contributed by atoms with Crippen LogP contribution >= 0.6 is 0 Å². The molecule has 2 heterocycles. The number of hydrogen-bond acceptors (Lipinski definition) is 4. The third-order valence-electron chi connectivity index (χ3n) is 8.47. The number of carboxylic acid groups (broad SMARTS) is 1. The number of nitrogens with zero attached hydrogens (tertiary/aromatic N) is 1. The third kappa shape index (κ3) is 2.12. The van der Waals surface area contributed by atoms with Crippen molar-refractivity contribution < 1.29 is 24.2 Å². The average molecular weight is 397 g/mol. The van der Waals surface area contributed by atoms with Crippen LogP contribution in [0.2, 0.25) is 0 Å². The van der Waals surface area contributed by atoms with Crippen LogP contribution in [0.4, 0.5) is 0 Å². The Labute approximate surface area is 170 Å². The van der Waals surface area contributed by atoms with Crippen molar-refractivity contribution in [3.63, 3.8) is 0 Å². The van der Waals surface area contributed by atoms with Gasteiger partial charge in [-0.15, -0.1) is 0 Å². The van der Waals surface area contributed by atoms with Gasteiger partial charge in [-0.25, -0.2) is 0 Å². The van der Waals surface area contributed by atoms with E-state index in [4.69, 9.17) is 9.47 Å². The highest BCUT2D eigenvalue weighted by atomic mass is 16.7. The summed E-state index contributed by atoms with van der Waals surface area (Å²) in [6, 6.07) is 6.01. The molecule has 1 saturated heterocycles. The molecule has 29 heavy (non-hydrogen) atoms. The van der Waals surface area contributed by atoms with E-state index in [-0.39, 0.29) is 36.6 Å². The van der Waals surface area contributed by atoms with Crippen molar-refractivity contribution in [2.24, 2.45) is 28.6 Å². The second-order valence-electron chi connectivity index (χ2n) is 10.5. The van der Waals surface area contributed by atoms with Gasteiger partial charge in [-0.2, -0.15) is 0 Å². The van der Waals surface area contributed by atoms with Crippen molar-refractivity contribution in [3.8, 4) is 11.5 Å². The van der Waals surface area contributed by atoms with E-state index in [2.05, 4.69) is 4.90 Å². The molecule has 4 saturated carbocycles. The molecule has 0 spiro atoms. The molecule has 0 aromatic heterocycles. The van der Waals surface area contributed by atoms with Gasteiger partial charge in [0.1, 0.15) is 0 Å². The van der Waals surface area contributed by atoms with Crippen LogP contribution in [0.5, 0.6) is 11.5 Å². The fraction of sp³-hybridized carbons (Fsp3) is 0.652. The average Bonchev–Trinajstić information content (AvgIpc) is 3.15. The highest BCUT2D eigenvalue weighted by Crippen LogP contribution is 2.65. The van der Waals surface area contributed by atoms with Crippen LogP contribution in [0, 0.1) is 28.6 Å². The Morgan fingerprint density at radius 3 is 2.55 bits per heavy atom. The molecule has 4 bridgehead atoms. The van der Waals surface area contributed by atoms with Gasteiger partial charge >= 0.3 is 5.97 Å². The largest absolute Gasteiger partial charge is 0.481 e. The minimum Gasteiger partial charge on any atom is -0.481 e. The summed E-state index contributed by atoms with van der Waals surface area (Å²) in [5.41, 5.74) is -0.0387. The topological polar surface area (TPSA) is 76.1 Å². The van der Waals surface area contributed by atoms with Crippen LogP contribution in [0.3, 0.4) is 0 Å². The summed E-state index contributed by atoms with van der Waals surface area (Å²) in [6.45, 7) is 4.24. The Hall–Kier alpha value is -2.24. The van der Waals surface area contributed by atoms with E-state index in [9.17, 15) is 14.7 Å². The summed E-state index contributed by atoms with van der Waals surface area (Å²) in [5, 5.41) is 9.93. The van der Waals surface area contributed by atoms with Gasteiger partial charge in [0, 0.05) is 11.6 Å². The molecule has 4 aliphatic carbocycles. The Bertz CT molecular complexity index is 908. The second kappa shape index (κ2) is 5.46. The van der Waals surface area contributed by atoms with E-state index < -0.39 is 16.8 Å². The number of fused-ring (bicyclic) bond motifs is 1. The number of para-hydroxylation sites is 1. The van der Waals surface area contributed by atoms with Crippen LogP contribution in [0.1, 0.15) is 57.6 Å². The molecule has 1 N–H and O–H groups in total. The zero-order valence-corrected chi connectivity index (χ0v) is 16.9. The Balaban J connectivity index is 1.39. The number of ether oxygens (including phenoxy) is 2. The SMILES string of the molecule is CC1(C)C(=O)N([C@H]2C3CC4CC2C[C@](C(=O)O)(C4)C3)C1c1cccc2c1OCO2. The number of carbonyl (C=O) groups excluding carboxylic acids is 1. The van der Waals surface area contributed by atoms with Gasteiger partial charge in [0.25, 0.3) is 0 Å². The number of carboxylic acids is 1. The standard InChI is InChI=1S/C23H27NO5/c1-22(2)19(15-4-3-5-16-18(15)29-11-28-16)24(20(22)25)17-13-6-12-7-14(17)10-23(8-12,9-13)21(26)27/h3-5,12-14,17,19H,6-11H2,1-2H3,(H,26,27)/t12?,13?,14?,17-,19?,23-. The summed E-state index contributed by atoms with van der Waals surface area (Å²) < 4.78 is 11.4. The predicted molar refractivity (Wildman–Crippen MR) is 103 cm³/mol. The summed E-state index contributed by atoms with van der Waals surface area (Å²) >= 11 is 0. The number of carbonyl (C=O) groups is 2. The van der Waals surface area contributed by atoms with Crippen LogP contribution in [0.25, 0.3) is 0 Å². The molecule has 3 unspecified atom stereocenters. The molecule has 1 aromatic rings. The lowest BCUT2D eigenvalue weighted by molar-refractivity contribution is -0.202. The molecule has 154 valence electrons. The minimum atomic E-state index is -0.631. The van der Waals surface area contributed by atoms with Gasteiger partial charge in [0.15, 0.2) is 11.5 Å². The summed E-state index contributed by atoms with van der Waals surface area (Å²) in [6.07, 6.45) is 4.36. The quantitative estimate of drug-likeness (QED) is 0.789. The van der Waals surface area contributed by atoms with E-state index in [1.165, 1.54) is 0 Å². The van der Waals surface area contributed by atoms with Crippen molar-refractivity contribution in [2.75, 3.05) is 6.79 Å². The first-order chi connectivity index (χ1) is 13.8. The van der Waals surface area contributed by atoms with E-state index in [0.29, 0.717) is 18.8 Å². The third-order valence-corrected chi connectivity index (χ3v) is 8.47. The lowest BCUT2D eigenvalue weighted by Gasteiger charge is -2.66. The molecule has 1 aromatic carbocycles. The summed E-state index contributed by atoms with van der Waals surface area (Å²) in [4.78, 5) is 27.5. The molecule has 6 nitrogen and oxygen atoms in total. The van der Waals surface area contributed by atoms with Gasteiger partial charge < -0.3 is 19.5 Å². The van der Waals surface area contributed by atoms with E-state index in [1.54, 1.807) is 0 Å². The molecule has 1 amide bonds. The van der Waals surface area contributed by atoms with Gasteiger partial charge in [-0.1, -0.05) is 12.1 Å². The minimum absolute atomic E-state index is 0.0602. The number of likely N-dealkylation sites (tertiary alicyclic amines) is 1. The van der Waals surface area contributed by atoms with E-state index >= 15 is 0 Å². The maximum absolute atomic E-state index is 13.3. The normalized spacial score (nSPS) is 40.8. The fourth-order valence-electron chi connectivity index (χ4n) is 7.58. The Kier molecular flexibility index (Phi) is 3.32. The number of aliphatic carboxylic acids is 1. The van der Waals surface area contributed by atoms with Crippen LogP contribution in [-0.4, -0.2) is 34.7 Å². The van der Waals surface area contributed by atoms with E-state index in [1.807, 2.05) is 32.0 Å². The number of β-lactam (4-membered cyclic amide) rings is 1. The number of amides is 1. The van der Waals surface area contributed by atoms with Crippen molar-refractivity contribution in [2.45, 2.75) is 58.0 Å². The monoisotopic (exact) mass is 397 g/mol. The number of rotatable bonds is 3. The molecular formula is C23H27NO5. The van der Waals surface area contributed by atoms with Gasteiger partial charge in [-0.3, -0.25) is 9.59 Å². The molecule has 5 fully saturated rings. The summed E-state index contributed by atoms with van der Waals surface area (Å²) in [5.74, 6) is 2.12. The zero-order chi connectivity index (χ0) is 20.1. The second-order valence-corrected chi connectivity index (χ2v) is 10.5. The maximum atomic E-state index is 13.3. The molecule has 0 radical (unpaired) electrons. The lowest BCUT2D eigenvalue weighted by atomic mass is 9.47.